The number of benzene rings is 3. The second-order valence-electron chi connectivity index (χ2n) is 8.28. The smallest absolute Gasteiger partial charge is 0.164 e. The highest BCUT2D eigenvalue weighted by Crippen LogP contribution is 2.35. The van der Waals surface area contributed by atoms with Crippen molar-refractivity contribution >= 4 is 12.2 Å². The van der Waals surface area contributed by atoms with Crippen molar-refractivity contribution in [3.63, 3.8) is 0 Å². The Labute approximate surface area is 206 Å². The number of phenolic OH excluding ortho intramolecular Hbond substituents is 3. The fraction of sp³-hybridized carbons (Fsp3) is 0.286. The Morgan fingerprint density at radius 2 is 1.34 bits per heavy atom. The topological polar surface area (TPSA) is 131 Å². The van der Waals surface area contributed by atoms with E-state index in [0.29, 0.717) is 50.3 Å². The Balaban J connectivity index is 1.86. The highest BCUT2D eigenvalue weighted by Gasteiger charge is 2.14. The van der Waals surface area contributed by atoms with Gasteiger partial charge in [-0.1, -0.05) is 30.4 Å². The largest absolute Gasteiger partial charge is 0.508 e. The average Bonchev–Trinajstić information content (AvgIpc) is 2.83. The van der Waals surface area contributed by atoms with Crippen LogP contribution in [0.25, 0.3) is 12.2 Å². The number of ether oxygens (including phenoxy) is 2. The molecule has 0 saturated carbocycles. The molecule has 0 bridgehead atoms. The zero-order valence-electron chi connectivity index (χ0n) is 20.3. The van der Waals surface area contributed by atoms with Crippen LogP contribution >= 0.6 is 0 Å². The van der Waals surface area contributed by atoms with Gasteiger partial charge in [0.1, 0.15) is 5.75 Å². The number of rotatable bonds is 11. The molecule has 0 radical (unpaired) electrons. The summed E-state index contributed by atoms with van der Waals surface area (Å²) in [7, 11) is 3.06. The third-order valence-corrected chi connectivity index (χ3v) is 5.95. The SMILES string of the molecule is COc1c(O)ccc(C=Cc2cc(O)cc(CCc3ccc(O)c(OC)c3CCN)c2)c1CCN. The minimum absolute atomic E-state index is 0.0765. The first-order valence-corrected chi connectivity index (χ1v) is 11.6. The molecule has 0 aromatic heterocycles. The summed E-state index contributed by atoms with van der Waals surface area (Å²) >= 11 is 0. The van der Waals surface area contributed by atoms with Crippen molar-refractivity contribution in [1.29, 1.82) is 0 Å². The van der Waals surface area contributed by atoms with E-state index in [0.717, 1.165) is 33.4 Å². The zero-order chi connectivity index (χ0) is 25.4. The molecular formula is C28H34N2O5. The molecule has 0 amide bonds. The number of hydrogen-bond acceptors (Lipinski definition) is 7. The van der Waals surface area contributed by atoms with E-state index in [9.17, 15) is 15.3 Å². The van der Waals surface area contributed by atoms with Crippen molar-refractivity contribution in [2.75, 3.05) is 27.3 Å². The van der Waals surface area contributed by atoms with Gasteiger partial charge in [-0.2, -0.15) is 0 Å². The van der Waals surface area contributed by atoms with Gasteiger partial charge in [-0.3, -0.25) is 0 Å². The molecule has 0 saturated heterocycles. The van der Waals surface area contributed by atoms with E-state index in [2.05, 4.69) is 0 Å². The lowest BCUT2D eigenvalue weighted by atomic mass is 9.95. The zero-order valence-corrected chi connectivity index (χ0v) is 20.3. The molecule has 0 atom stereocenters. The summed E-state index contributed by atoms with van der Waals surface area (Å²) in [4.78, 5) is 0. The summed E-state index contributed by atoms with van der Waals surface area (Å²) in [5.41, 5.74) is 17.0. The molecule has 3 aromatic rings. The number of aryl methyl sites for hydroxylation is 2. The van der Waals surface area contributed by atoms with Crippen molar-refractivity contribution in [2.45, 2.75) is 25.7 Å². The van der Waals surface area contributed by atoms with Crippen LogP contribution in [0.3, 0.4) is 0 Å². The molecule has 186 valence electrons. The third kappa shape index (κ3) is 6.26. The van der Waals surface area contributed by atoms with Gasteiger partial charge in [-0.25, -0.2) is 0 Å². The molecule has 7 nitrogen and oxygen atoms in total. The predicted molar refractivity (Wildman–Crippen MR) is 139 cm³/mol. The summed E-state index contributed by atoms with van der Waals surface area (Å²) in [5, 5.41) is 30.6. The van der Waals surface area contributed by atoms with Crippen LogP contribution in [0.15, 0.2) is 42.5 Å². The van der Waals surface area contributed by atoms with Gasteiger partial charge in [0.15, 0.2) is 23.0 Å². The Morgan fingerprint density at radius 1 is 0.714 bits per heavy atom. The van der Waals surface area contributed by atoms with E-state index in [4.69, 9.17) is 20.9 Å². The Morgan fingerprint density at radius 3 is 2.00 bits per heavy atom. The van der Waals surface area contributed by atoms with Gasteiger partial charge in [-0.15, -0.1) is 0 Å². The Bertz CT molecular complexity index is 1190. The molecule has 0 aliphatic rings. The van der Waals surface area contributed by atoms with Crippen LogP contribution in [0.1, 0.15) is 33.4 Å². The fourth-order valence-corrected chi connectivity index (χ4v) is 4.36. The van der Waals surface area contributed by atoms with E-state index in [1.54, 1.807) is 24.3 Å². The van der Waals surface area contributed by atoms with Crippen molar-refractivity contribution in [3.8, 4) is 28.7 Å². The van der Waals surface area contributed by atoms with Crippen LogP contribution in [0, 0.1) is 0 Å². The third-order valence-electron chi connectivity index (χ3n) is 5.95. The Hall–Kier alpha value is -3.68. The first-order valence-electron chi connectivity index (χ1n) is 11.6. The molecule has 0 spiro atoms. The van der Waals surface area contributed by atoms with Crippen LogP contribution in [-0.2, 0) is 25.7 Å². The van der Waals surface area contributed by atoms with Crippen molar-refractivity contribution in [1.82, 2.24) is 0 Å². The molecule has 35 heavy (non-hydrogen) atoms. The molecule has 7 heteroatoms. The molecule has 7 N–H and O–H groups in total. The van der Waals surface area contributed by atoms with Crippen LogP contribution in [0.5, 0.6) is 28.7 Å². The van der Waals surface area contributed by atoms with Gasteiger partial charge in [0.2, 0.25) is 0 Å². The van der Waals surface area contributed by atoms with Crippen molar-refractivity contribution < 1.29 is 24.8 Å². The number of hydrogen-bond donors (Lipinski definition) is 5. The highest BCUT2D eigenvalue weighted by molar-refractivity contribution is 5.74. The minimum Gasteiger partial charge on any atom is -0.508 e. The first-order chi connectivity index (χ1) is 16.9. The van der Waals surface area contributed by atoms with Gasteiger partial charge in [-0.05, 0) is 85.3 Å². The lowest BCUT2D eigenvalue weighted by Gasteiger charge is -2.15. The van der Waals surface area contributed by atoms with Crippen LogP contribution in [-0.4, -0.2) is 42.6 Å². The highest BCUT2D eigenvalue weighted by atomic mass is 16.5. The second-order valence-corrected chi connectivity index (χ2v) is 8.28. The summed E-state index contributed by atoms with van der Waals surface area (Å²) < 4.78 is 10.8. The molecule has 0 aliphatic carbocycles. The molecule has 0 unspecified atom stereocenters. The number of methoxy groups -OCH3 is 2. The first kappa shape index (κ1) is 25.9. The fourth-order valence-electron chi connectivity index (χ4n) is 4.36. The van der Waals surface area contributed by atoms with E-state index in [1.165, 1.54) is 14.2 Å². The molecule has 0 fully saturated rings. The average molecular weight is 479 g/mol. The molecule has 3 rings (SSSR count). The van der Waals surface area contributed by atoms with Crippen LogP contribution in [0.2, 0.25) is 0 Å². The number of phenols is 3. The van der Waals surface area contributed by atoms with Gasteiger partial charge in [0.25, 0.3) is 0 Å². The van der Waals surface area contributed by atoms with E-state index in [-0.39, 0.29) is 17.2 Å². The summed E-state index contributed by atoms with van der Waals surface area (Å²) in [6.45, 7) is 0.868. The number of aromatic hydroxyl groups is 3. The minimum atomic E-state index is 0.0765. The van der Waals surface area contributed by atoms with Crippen molar-refractivity contribution in [3.05, 3.63) is 75.8 Å². The van der Waals surface area contributed by atoms with Gasteiger partial charge in [0, 0.05) is 11.1 Å². The molecule has 0 aliphatic heterocycles. The lowest BCUT2D eigenvalue weighted by Crippen LogP contribution is -2.08. The van der Waals surface area contributed by atoms with Gasteiger partial charge in [0.05, 0.1) is 14.2 Å². The van der Waals surface area contributed by atoms with E-state index < -0.39 is 0 Å². The second kappa shape index (κ2) is 12.1. The molecular weight excluding hydrogens is 444 g/mol. The number of nitrogens with two attached hydrogens (primary N) is 2. The monoisotopic (exact) mass is 478 g/mol. The standard InChI is InChI=1S/C28H34N2O5/c1-34-27-23(11-13-29)20(7-9-25(27)32)5-3-18-15-19(17-22(31)16-18)4-6-21-8-10-26(33)28(35-2)24(21)12-14-30/h3,5,7-10,15-17,31-33H,4,6,11-14,29-30H2,1-2H3. The molecule has 0 heterocycles. The van der Waals surface area contributed by atoms with E-state index in [1.807, 2.05) is 30.4 Å². The quantitative estimate of drug-likeness (QED) is 0.265. The van der Waals surface area contributed by atoms with Gasteiger partial charge >= 0.3 is 0 Å². The van der Waals surface area contributed by atoms with Crippen LogP contribution in [0.4, 0.5) is 0 Å². The summed E-state index contributed by atoms with van der Waals surface area (Å²) in [5.74, 6) is 1.24. The maximum absolute atomic E-state index is 10.3. The predicted octanol–water partition coefficient (Wildman–Crippen LogP) is 3.78. The van der Waals surface area contributed by atoms with E-state index >= 15 is 0 Å². The lowest BCUT2D eigenvalue weighted by molar-refractivity contribution is 0.368. The van der Waals surface area contributed by atoms with Gasteiger partial charge < -0.3 is 36.3 Å². The maximum Gasteiger partial charge on any atom is 0.164 e. The Kier molecular flexibility index (Phi) is 9.00. The normalized spacial score (nSPS) is 11.2. The summed E-state index contributed by atoms with van der Waals surface area (Å²) in [6, 6.07) is 12.4. The molecule has 3 aromatic carbocycles. The van der Waals surface area contributed by atoms with Crippen LogP contribution < -0.4 is 20.9 Å². The summed E-state index contributed by atoms with van der Waals surface area (Å²) in [6.07, 6.45) is 6.39. The van der Waals surface area contributed by atoms with Crippen molar-refractivity contribution in [2.24, 2.45) is 11.5 Å². The maximum atomic E-state index is 10.3.